The molecule has 1 heterocycles. The van der Waals surface area contributed by atoms with Gasteiger partial charge in [-0.2, -0.15) is 0 Å². The van der Waals surface area contributed by atoms with Crippen LogP contribution in [0, 0.1) is 0 Å². The van der Waals surface area contributed by atoms with Crippen molar-refractivity contribution >= 4 is 29.9 Å². The highest BCUT2D eigenvalue weighted by Gasteiger charge is 2.32. The maximum absolute atomic E-state index is 12.5. The predicted octanol–water partition coefficient (Wildman–Crippen LogP) is 2.62. The third-order valence-electron chi connectivity index (χ3n) is 3.60. The Bertz CT molecular complexity index is 471. The fraction of sp³-hybridized carbons (Fsp3) is 0.533. The Kier molecular flexibility index (Phi) is 7.46. The molecular formula is C15H22Cl2N2O2. The summed E-state index contributed by atoms with van der Waals surface area (Å²) in [6.45, 7) is 3.66. The first-order chi connectivity index (χ1) is 9.63. The molecule has 1 aliphatic rings. The summed E-state index contributed by atoms with van der Waals surface area (Å²) < 4.78 is 5.67. The summed E-state index contributed by atoms with van der Waals surface area (Å²) in [5, 5.41) is 0.686. The summed E-state index contributed by atoms with van der Waals surface area (Å²) in [7, 11) is 0. The van der Waals surface area contributed by atoms with E-state index in [1.54, 1.807) is 4.90 Å². The lowest BCUT2D eigenvalue weighted by molar-refractivity contribution is -0.143. The summed E-state index contributed by atoms with van der Waals surface area (Å²) in [6.07, 6.45) is 1.30. The molecule has 1 saturated heterocycles. The van der Waals surface area contributed by atoms with E-state index in [-0.39, 0.29) is 30.5 Å². The number of carbonyl (C=O) groups excluding carboxylic acids is 1. The number of benzene rings is 1. The minimum absolute atomic E-state index is 0. The minimum atomic E-state index is -0.345. The van der Waals surface area contributed by atoms with E-state index in [2.05, 4.69) is 0 Å². The number of nitrogens with two attached hydrogens (primary N) is 1. The Hall–Kier alpha value is -0.810. The number of carbonyl (C=O) groups is 1. The summed E-state index contributed by atoms with van der Waals surface area (Å²) in [4.78, 5) is 14.3. The number of halogens is 2. The fourth-order valence-electron chi connectivity index (χ4n) is 2.47. The topological polar surface area (TPSA) is 55.6 Å². The Balaban J connectivity index is 0.00000220. The highest BCUT2D eigenvalue weighted by atomic mass is 35.5. The fourth-order valence-corrected chi connectivity index (χ4v) is 2.68. The summed E-state index contributed by atoms with van der Waals surface area (Å²) in [5.74, 6) is 0.0448. The minimum Gasteiger partial charge on any atom is -0.364 e. The van der Waals surface area contributed by atoms with Gasteiger partial charge in [0.15, 0.2) is 0 Å². The summed E-state index contributed by atoms with van der Waals surface area (Å²) in [5.41, 5.74) is 6.61. The van der Waals surface area contributed by atoms with E-state index >= 15 is 0 Å². The van der Waals surface area contributed by atoms with Crippen molar-refractivity contribution in [2.75, 3.05) is 13.1 Å². The first-order valence-electron chi connectivity index (χ1n) is 7.02. The molecule has 1 aromatic rings. The molecule has 0 unspecified atom stereocenters. The average Bonchev–Trinajstić information content (AvgIpc) is 2.93. The van der Waals surface area contributed by atoms with Crippen molar-refractivity contribution in [2.24, 2.45) is 5.73 Å². The van der Waals surface area contributed by atoms with E-state index in [0.29, 0.717) is 24.7 Å². The second kappa shape index (κ2) is 8.59. The number of hydrogen-bond donors (Lipinski definition) is 1. The summed E-state index contributed by atoms with van der Waals surface area (Å²) in [6, 6.07) is 7.58. The van der Waals surface area contributed by atoms with Gasteiger partial charge in [-0.3, -0.25) is 4.79 Å². The van der Waals surface area contributed by atoms with E-state index < -0.39 is 0 Å². The van der Waals surface area contributed by atoms with Gasteiger partial charge in [0.1, 0.15) is 6.10 Å². The van der Waals surface area contributed by atoms with Crippen LogP contribution in [-0.4, -0.2) is 36.1 Å². The van der Waals surface area contributed by atoms with Gasteiger partial charge in [0, 0.05) is 24.7 Å². The highest BCUT2D eigenvalue weighted by Crippen LogP contribution is 2.22. The van der Waals surface area contributed by atoms with Gasteiger partial charge in [-0.05, 0) is 37.5 Å². The Labute approximate surface area is 137 Å². The Morgan fingerprint density at radius 1 is 1.48 bits per heavy atom. The molecule has 0 spiro atoms. The first kappa shape index (κ1) is 18.2. The zero-order chi connectivity index (χ0) is 14.5. The third kappa shape index (κ3) is 4.85. The Morgan fingerprint density at radius 2 is 2.24 bits per heavy atom. The molecule has 1 aromatic carbocycles. The van der Waals surface area contributed by atoms with Crippen molar-refractivity contribution in [3.8, 4) is 0 Å². The maximum Gasteiger partial charge on any atom is 0.252 e. The summed E-state index contributed by atoms with van der Waals surface area (Å²) >= 11 is 5.97. The number of hydrogen-bond acceptors (Lipinski definition) is 3. The van der Waals surface area contributed by atoms with Crippen LogP contribution in [0.1, 0.15) is 25.3 Å². The molecule has 6 heteroatoms. The van der Waals surface area contributed by atoms with E-state index in [4.69, 9.17) is 22.1 Å². The second-order valence-electron chi connectivity index (χ2n) is 5.04. The van der Waals surface area contributed by atoms with Gasteiger partial charge in [0.05, 0.1) is 6.10 Å². The Morgan fingerprint density at radius 3 is 2.81 bits per heavy atom. The molecule has 118 valence electrons. The van der Waals surface area contributed by atoms with Crippen molar-refractivity contribution < 1.29 is 9.53 Å². The van der Waals surface area contributed by atoms with Crippen molar-refractivity contribution in [3.05, 3.63) is 34.9 Å². The van der Waals surface area contributed by atoms with E-state index in [9.17, 15) is 4.79 Å². The number of rotatable bonds is 5. The van der Waals surface area contributed by atoms with Crippen molar-refractivity contribution in [1.29, 1.82) is 0 Å². The predicted molar refractivity (Wildman–Crippen MR) is 86.7 cm³/mol. The molecule has 0 aliphatic carbocycles. The molecule has 0 saturated carbocycles. The van der Waals surface area contributed by atoms with Crippen LogP contribution in [0.25, 0.3) is 0 Å². The lowest BCUT2D eigenvalue weighted by atomic mass is 10.1. The first-order valence-corrected chi connectivity index (χ1v) is 7.40. The molecular weight excluding hydrogens is 311 g/mol. The molecule has 0 aromatic heterocycles. The number of likely N-dealkylation sites (N-methyl/N-ethyl adjacent to an activating group) is 1. The van der Waals surface area contributed by atoms with Crippen LogP contribution in [0.2, 0.25) is 5.02 Å². The van der Waals surface area contributed by atoms with Gasteiger partial charge in [-0.15, -0.1) is 12.4 Å². The SMILES string of the molecule is CCN(Cc1cccc(Cl)c1)C(=O)[C@@H]1CC[C@H](CN)O1.Cl. The van der Waals surface area contributed by atoms with Crippen LogP contribution in [0.4, 0.5) is 0 Å². The van der Waals surface area contributed by atoms with Crippen LogP contribution in [0.5, 0.6) is 0 Å². The molecule has 21 heavy (non-hydrogen) atoms. The highest BCUT2D eigenvalue weighted by molar-refractivity contribution is 6.30. The van der Waals surface area contributed by atoms with Gasteiger partial charge < -0.3 is 15.4 Å². The van der Waals surface area contributed by atoms with Gasteiger partial charge in [0.25, 0.3) is 5.91 Å². The largest absolute Gasteiger partial charge is 0.364 e. The van der Waals surface area contributed by atoms with Crippen LogP contribution in [-0.2, 0) is 16.1 Å². The molecule has 1 aliphatic heterocycles. The quantitative estimate of drug-likeness (QED) is 0.901. The molecule has 1 fully saturated rings. The van der Waals surface area contributed by atoms with Gasteiger partial charge in [-0.1, -0.05) is 23.7 Å². The lowest BCUT2D eigenvalue weighted by Gasteiger charge is -2.24. The van der Waals surface area contributed by atoms with E-state index in [0.717, 1.165) is 18.4 Å². The van der Waals surface area contributed by atoms with Gasteiger partial charge >= 0.3 is 0 Å². The standard InChI is InChI=1S/C15H21ClN2O2.ClH/c1-2-18(10-11-4-3-5-12(16)8-11)15(19)14-7-6-13(9-17)20-14;/h3-5,8,13-14H,2,6-7,9-10,17H2,1H3;1H/t13-,14+;/m1./s1. The molecule has 2 rings (SSSR count). The molecule has 2 N–H and O–H groups in total. The van der Waals surface area contributed by atoms with Crippen LogP contribution < -0.4 is 5.73 Å². The lowest BCUT2D eigenvalue weighted by Crippen LogP contribution is -2.39. The monoisotopic (exact) mass is 332 g/mol. The number of ether oxygens (including phenoxy) is 1. The van der Waals surface area contributed by atoms with Gasteiger partial charge in [0.2, 0.25) is 0 Å². The smallest absolute Gasteiger partial charge is 0.252 e. The number of nitrogens with zero attached hydrogens (tertiary/aromatic N) is 1. The maximum atomic E-state index is 12.5. The van der Waals surface area contributed by atoms with Crippen LogP contribution in [0.3, 0.4) is 0 Å². The van der Waals surface area contributed by atoms with Crippen LogP contribution >= 0.6 is 24.0 Å². The third-order valence-corrected chi connectivity index (χ3v) is 3.84. The molecule has 2 atom stereocenters. The van der Waals surface area contributed by atoms with E-state index in [1.807, 2.05) is 31.2 Å². The molecule has 0 bridgehead atoms. The zero-order valence-electron chi connectivity index (χ0n) is 12.1. The van der Waals surface area contributed by atoms with Crippen LogP contribution in [0.15, 0.2) is 24.3 Å². The van der Waals surface area contributed by atoms with Crippen molar-refractivity contribution in [2.45, 2.75) is 38.5 Å². The average molecular weight is 333 g/mol. The van der Waals surface area contributed by atoms with Gasteiger partial charge in [-0.25, -0.2) is 0 Å². The molecule has 0 radical (unpaired) electrons. The molecule has 1 amide bonds. The van der Waals surface area contributed by atoms with Crippen molar-refractivity contribution in [1.82, 2.24) is 4.90 Å². The zero-order valence-corrected chi connectivity index (χ0v) is 13.7. The normalized spacial score (nSPS) is 20.9. The van der Waals surface area contributed by atoms with Crippen molar-refractivity contribution in [3.63, 3.8) is 0 Å². The number of amides is 1. The second-order valence-corrected chi connectivity index (χ2v) is 5.48. The van der Waals surface area contributed by atoms with E-state index in [1.165, 1.54) is 0 Å². The molecule has 4 nitrogen and oxygen atoms in total.